The first-order valence-corrected chi connectivity index (χ1v) is 6.35. The zero-order valence-corrected chi connectivity index (χ0v) is 11.8. The van der Waals surface area contributed by atoms with Crippen LogP contribution in [-0.4, -0.2) is 17.7 Å². The molecule has 0 atom stereocenters. The third kappa shape index (κ3) is 3.57. The molecule has 4 heteroatoms. The van der Waals surface area contributed by atoms with E-state index in [1.54, 1.807) is 32.0 Å². The van der Waals surface area contributed by atoms with E-state index in [0.717, 1.165) is 0 Å². The normalized spacial score (nSPS) is 10.8. The van der Waals surface area contributed by atoms with Crippen molar-refractivity contribution in [2.24, 2.45) is 5.92 Å². The van der Waals surface area contributed by atoms with E-state index in [1.807, 2.05) is 13.8 Å². The van der Waals surface area contributed by atoms with Gasteiger partial charge in [0.15, 0.2) is 5.78 Å². The third-order valence-corrected chi connectivity index (χ3v) is 2.77. The average molecular weight is 268 g/mol. The van der Waals surface area contributed by atoms with E-state index in [9.17, 15) is 9.59 Å². The van der Waals surface area contributed by atoms with Gasteiger partial charge >= 0.3 is 0 Å². The molecule has 0 bridgehead atoms. The largest absolute Gasteiger partial charge is 0.350 e. The van der Waals surface area contributed by atoms with Crippen LogP contribution in [-0.2, 0) is 0 Å². The Morgan fingerprint density at radius 2 is 1.78 bits per heavy atom. The maximum atomic E-state index is 11.9. The maximum Gasteiger partial charge on any atom is 0.251 e. The Kier molecular flexibility index (Phi) is 4.91. The van der Waals surface area contributed by atoms with Gasteiger partial charge in [0.1, 0.15) is 0 Å². The van der Waals surface area contributed by atoms with Gasteiger partial charge in [-0.3, -0.25) is 9.59 Å². The van der Waals surface area contributed by atoms with E-state index in [1.165, 1.54) is 0 Å². The standard InChI is InChI=1S/C14H18ClNO2/c1-8(2)13(17)11-7-10(5-6-12(11)15)14(18)16-9(3)4/h5-9H,1-4H3,(H,16,18). The first-order valence-electron chi connectivity index (χ1n) is 5.97. The van der Waals surface area contributed by atoms with Gasteiger partial charge in [-0.2, -0.15) is 0 Å². The van der Waals surface area contributed by atoms with Crippen LogP contribution in [0.1, 0.15) is 48.4 Å². The highest BCUT2D eigenvalue weighted by atomic mass is 35.5. The molecule has 1 aromatic carbocycles. The molecule has 0 spiro atoms. The lowest BCUT2D eigenvalue weighted by Crippen LogP contribution is -2.30. The highest BCUT2D eigenvalue weighted by Crippen LogP contribution is 2.21. The van der Waals surface area contributed by atoms with Crippen LogP contribution in [0.15, 0.2) is 18.2 Å². The van der Waals surface area contributed by atoms with Crippen LogP contribution in [0.5, 0.6) is 0 Å². The molecular formula is C14H18ClNO2. The second-order valence-electron chi connectivity index (χ2n) is 4.84. The van der Waals surface area contributed by atoms with Crippen molar-refractivity contribution >= 4 is 23.3 Å². The van der Waals surface area contributed by atoms with Crippen molar-refractivity contribution in [3.63, 3.8) is 0 Å². The van der Waals surface area contributed by atoms with Gasteiger partial charge in [-0.05, 0) is 32.0 Å². The Labute approximate surface area is 113 Å². The highest BCUT2D eigenvalue weighted by molar-refractivity contribution is 6.34. The molecule has 98 valence electrons. The van der Waals surface area contributed by atoms with Gasteiger partial charge in [-0.15, -0.1) is 0 Å². The summed E-state index contributed by atoms with van der Waals surface area (Å²) in [5.41, 5.74) is 0.861. The fourth-order valence-electron chi connectivity index (χ4n) is 1.51. The predicted molar refractivity (Wildman–Crippen MR) is 73.2 cm³/mol. The van der Waals surface area contributed by atoms with Crippen molar-refractivity contribution in [3.05, 3.63) is 34.3 Å². The summed E-state index contributed by atoms with van der Waals surface area (Å²) in [6, 6.07) is 4.82. The number of Topliss-reactive ketones (excluding diaryl/α,β-unsaturated/α-hetero) is 1. The Morgan fingerprint density at radius 3 is 2.28 bits per heavy atom. The molecule has 0 aliphatic carbocycles. The van der Waals surface area contributed by atoms with Crippen LogP contribution >= 0.6 is 11.6 Å². The molecule has 0 saturated carbocycles. The lowest BCUT2D eigenvalue weighted by atomic mass is 9.99. The monoisotopic (exact) mass is 267 g/mol. The van der Waals surface area contributed by atoms with Crippen LogP contribution in [0.4, 0.5) is 0 Å². The van der Waals surface area contributed by atoms with E-state index in [4.69, 9.17) is 11.6 Å². The minimum absolute atomic E-state index is 0.0532. The number of hydrogen-bond donors (Lipinski definition) is 1. The molecule has 0 aliphatic heterocycles. The van der Waals surface area contributed by atoms with Gasteiger partial charge in [0.25, 0.3) is 5.91 Å². The first kappa shape index (κ1) is 14.7. The number of carbonyl (C=O) groups excluding carboxylic acids is 2. The Hall–Kier alpha value is -1.35. The number of hydrogen-bond acceptors (Lipinski definition) is 2. The molecule has 1 rings (SSSR count). The maximum absolute atomic E-state index is 11.9. The van der Waals surface area contributed by atoms with Gasteiger partial charge in [0.2, 0.25) is 0 Å². The van der Waals surface area contributed by atoms with Crippen LogP contribution < -0.4 is 5.32 Å². The van der Waals surface area contributed by atoms with Gasteiger partial charge in [-0.25, -0.2) is 0 Å². The number of halogens is 1. The van der Waals surface area contributed by atoms with Crippen molar-refractivity contribution in [1.29, 1.82) is 0 Å². The second kappa shape index (κ2) is 6.01. The fraction of sp³-hybridized carbons (Fsp3) is 0.429. The number of amides is 1. The molecule has 3 nitrogen and oxygen atoms in total. The highest BCUT2D eigenvalue weighted by Gasteiger charge is 2.17. The van der Waals surface area contributed by atoms with Crippen LogP contribution in [0.2, 0.25) is 5.02 Å². The molecule has 0 heterocycles. The van der Waals surface area contributed by atoms with Gasteiger partial charge in [-0.1, -0.05) is 25.4 Å². The Morgan fingerprint density at radius 1 is 1.17 bits per heavy atom. The van der Waals surface area contributed by atoms with Crippen molar-refractivity contribution in [2.45, 2.75) is 33.7 Å². The van der Waals surface area contributed by atoms with Crippen molar-refractivity contribution in [2.75, 3.05) is 0 Å². The molecule has 0 radical (unpaired) electrons. The molecule has 0 aromatic heterocycles. The topological polar surface area (TPSA) is 46.2 Å². The second-order valence-corrected chi connectivity index (χ2v) is 5.25. The minimum atomic E-state index is -0.195. The molecule has 0 unspecified atom stereocenters. The van der Waals surface area contributed by atoms with E-state index in [0.29, 0.717) is 16.1 Å². The molecule has 1 amide bonds. The molecule has 18 heavy (non-hydrogen) atoms. The van der Waals surface area contributed by atoms with Crippen LogP contribution in [0.25, 0.3) is 0 Å². The van der Waals surface area contributed by atoms with Crippen LogP contribution in [0.3, 0.4) is 0 Å². The average Bonchev–Trinajstić information content (AvgIpc) is 2.27. The lowest BCUT2D eigenvalue weighted by molar-refractivity contribution is 0.0939. The quantitative estimate of drug-likeness (QED) is 0.851. The Balaban J connectivity index is 3.08. The molecule has 0 fully saturated rings. The number of carbonyl (C=O) groups is 2. The number of benzene rings is 1. The van der Waals surface area contributed by atoms with Crippen LogP contribution in [0, 0.1) is 5.92 Å². The third-order valence-electron chi connectivity index (χ3n) is 2.44. The molecule has 0 aliphatic rings. The summed E-state index contributed by atoms with van der Waals surface area (Å²) in [5, 5.41) is 3.16. The van der Waals surface area contributed by atoms with E-state index < -0.39 is 0 Å². The SMILES string of the molecule is CC(C)NC(=O)c1ccc(Cl)c(C(=O)C(C)C)c1. The number of nitrogens with one attached hydrogen (secondary N) is 1. The summed E-state index contributed by atoms with van der Waals surface area (Å²) in [6.45, 7) is 7.38. The van der Waals surface area contributed by atoms with E-state index in [2.05, 4.69) is 5.32 Å². The van der Waals surface area contributed by atoms with Gasteiger partial charge in [0.05, 0.1) is 5.02 Å². The summed E-state index contributed by atoms with van der Waals surface area (Å²) in [7, 11) is 0. The minimum Gasteiger partial charge on any atom is -0.350 e. The van der Waals surface area contributed by atoms with Crippen molar-refractivity contribution in [1.82, 2.24) is 5.32 Å². The smallest absolute Gasteiger partial charge is 0.251 e. The number of ketones is 1. The van der Waals surface area contributed by atoms with E-state index in [-0.39, 0.29) is 23.7 Å². The fourth-order valence-corrected chi connectivity index (χ4v) is 1.72. The molecule has 0 saturated heterocycles. The summed E-state index contributed by atoms with van der Waals surface area (Å²) < 4.78 is 0. The molecule has 1 aromatic rings. The summed E-state index contributed by atoms with van der Waals surface area (Å²) >= 11 is 5.99. The molecule has 1 N–H and O–H groups in total. The molecular weight excluding hydrogens is 250 g/mol. The van der Waals surface area contributed by atoms with Gasteiger partial charge in [0, 0.05) is 23.1 Å². The Bertz CT molecular complexity index is 467. The summed E-state index contributed by atoms with van der Waals surface area (Å²) in [5.74, 6) is -0.399. The summed E-state index contributed by atoms with van der Waals surface area (Å²) in [6.07, 6.45) is 0. The predicted octanol–water partition coefficient (Wildman–Crippen LogP) is 3.32. The van der Waals surface area contributed by atoms with E-state index >= 15 is 0 Å². The summed E-state index contributed by atoms with van der Waals surface area (Å²) in [4.78, 5) is 23.8. The van der Waals surface area contributed by atoms with Crippen molar-refractivity contribution < 1.29 is 9.59 Å². The first-order chi connectivity index (χ1) is 8.32. The lowest BCUT2D eigenvalue weighted by Gasteiger charge is -2.11. The number of rotatable bonds is 4. The van der Waals surface area contributed by atoms with Gasteiger partial charge < -0.3 is 5.32 Å². The zero-order chi connectivity index (χ0) is 13.9. The van der Waals surface area contributed by atoms with Crippen molar-refractivity contribution in [3.8, 4) is 0 Å². The zero-order valence-electron chi connectivity index (χ0n) is 11.1.